The van der Waals surface area contributed by atoms with E-state index in [1.807, 2.05) is 0 Å². The third-order valence-corrected chi connectivity index (χ3v) is 4.61. The molecule has 1 aromatic carbocycles. The predicted octanol–water partition coefficient (Wildman–Crippen LogP) is 2.68. The molecular formula is C19H29NO3. The second-order valence-electron chi connectivity index (χ2n) is 6.76. The normalized spacial score (nSPS) is 24.6. The summed E-state index contributed by atoms with van der Waals surface area (Å²) in [6.45, 7) is 9.26. The molecule has 4 heteroatoms. The predicted molar refractivity (Wildman–Crippen MR) is 91.2 cm³/mol. The summed E-state index contributed by atoms with van der Waals surface area (Å²) in [6.07, 6.45) is 4.33. The van der Waals surface area contributed by atoms with Crippen LogP contribution in [0.3, 0.4) is 0 Å². The van der Waals surface area contributed by atoms with Crippen molar-refractivity contribution in [1.29, 1.82) is 0 Å². The van der Waals surface area contributed by atoms with Gasteiger partial charge in [-0.25, -0.2) is 0 Å². The van der Waals surface area contributed by atoms with E-state index in [1.54, 1.807) is 0 Å². The van der Waals surface area contributed by atoms with Crippen molar-refractivity contribution in [2.45, 2.75) is 45.3 Å². The lowest BCUT2D eigenvalue weighted by Crippen LogP contribution is -2.46. The lowest BCUT2D eigenvalue weighted by Gasteiger charge is -2.35. The van der Waals surface area contributed by atoms with Gasteiger partial charge in [0, 0.05) is 19.6 Å². The van der Waals surface area contributed by atoms with Crippen LogP contribution < -0.4 is 4.74 Å². The van der Waals surface area contributed by atoms with Gasteiger partial charge >= 0.3 is 0 Å². The lowest BCUT2D eigenvalue weighted by atomic mass is 10.1. The van der Waals surface area contributed by atoms with Crippen LogP contribution in [0.5, 0.6) is 5.75 Å². The lowest BCUT2D eigenvalue weighted by molar-refractivity contribution is -0.0734. The zero-order valence-electron chi connectivity index (χ0n) is 14.4. The van der Waals surface area contributed by atoms with E-state index in [1.165, 1.54) is 30.4 Å². The Kier molecular flexibility index (Phi) is 5.92. The molecule has 0 aromatic heterocycles. The highest BCUT2D eigenvalue weighted by atomic mass is 16.5. The van der Waals surface area contributed by atoms with Crippen molar-refractivity contribution in [3.63, 3.8) is 0 Å². The maximum absolute atomic E-state index is 5.80. The zero-order chi connectivity index (χ0) is 16.1. The number of aryl methyl sites for hydroxylation is 2. The highest BCUT2D eigenvalue weighted by molar-refractivity contribution is 5.38. The molecule has 0 amide bonds. The molecule has 0 N–H and O–H groups in total. The van der Waals surface area contributed by atoms with E-state index in [-0.39, 0.29) is 0 Å². The number of rotatable bonds is 7. The maximum atomic E-state index is 5.80. The maximum Gasteiger partial charge on any atom is 0.119 e. The van der Waals surface area contributed by atoms with Crippen LogP contribution in [0.25, 0.3) is 0 Å². The van der Waals surface area contributed by atoms with E-state index in [0.29, 0.717) is 25.4 Å². The largest absolute Gasteiger partial charge is 0.491 e. The van der Waals surface area contributed by atoms with Gasteiger partial charge in [0.2, 0.25) is 0 Å². The minimum absolute atomic E-state index is 0.321. The highest BCUT2D eigenvalue weighted by Crippen LogP contribution is 2.25. The first-order valence-electron chi connectivity index (χ1n) is 8.91. The van der Waals surface area contributed by atoms with Crippen LogP contribution in [0.1, 0.15) is 31.4 Å². The summed E-state index contributed by atoms with van der Waals surface area (Å²) in [6, 6.07) is 6.48. The summed E-state index contributed by atoms with van der Waals surface area (Å²) in [5.41, 5.74) is 2.95. The number of hydrogen-bond donors (Lipinski definition) is 0. The molecule has 3 rings (SSSR count). The van der Waals surface area contributed by atoms with Crippen molar-refractivity contribution in [2.24, 2.45) is 0 Å². The molecule has 1 aliphatic carbocycles. The number of fused-ring (bicyclic) bond motifs is 1. The summed E-state index contributed by atoms with van der Waals surface area (Å²) >= 11 is 0. The van der Waals surface area contributed by atoms with E-state index in [4.69, 9.17) is 14.2 Å². The second-order valence-corrected chi connectivity index (χ2v) is 6.76. The Bertz CT molecular complexity index is 495. The second kappa shape index (κ2) is 8.13. The van der Waals surface area contributed by atoms with E-state index >= 15 is 0 Å². The Morgan fingerprint density at radius 1 is 1.04 bits per heavy atom. The minimum atomic E-state index is 0.321. The number of morpholine rings is 1. The van der Waals surface area contributed by atoms with Crippen molar-refractivity contribution in [3.8, 4) is 5.75 Å². The van der Waals surface area contributed by atoms with E-state index in [2.05, 4.69) is 36.9 Å². The molecule has 128 valence electrons. The van der Waals surface area contributed by atoms with Gasteiger partial charge in [-0.1, -0.05) is 6.07 Å². The molecular weight excluding hydrogens is 290 g/mol. The average Bonchev–Trinajstić information content (AvgIpc) is 2.97. The molecule has 1 aromatic rings. The third kappa shape index (κ3) is 4.93. The van der Waals surface area contributed by atoms with Gasteiger partial charge in [0.25, 0.3) is 0 Å². The van der Waals surface area contributed by atoms with Crippen molar-refractivity contribution < 1.29 is 14.2 Å². The van der Waals surface area contributed by atoms with Gasteiger partial charge in [0.1, 0.15) is 12.4 Å². The van der Waals surface area contributed by atoms with E-state index in [0.717, 1.165) is 32.0 Å². The van der Waals surface area contributed by atoms with Crippen molar-refractivity contribution in [1.82, 2.24) is 4.90 Å². The molecule has 4 nitrogen and oxygen atoms in total. The molecule has 0 bridgehead atoms. The van der Waals surface area contributed by atoms with Gasteiger partial charge in [-0.3, -0.25) is 4.90 Å². The van der Waals surface area contributed by atoms with Gasteiger partial charge in [0.15, 0.2) is 0 Å². The number of benzene rings is 1. The van der Waals surface area contributed by atoms with Gasteiger partial charge in [-0.2, -0.15) is 0 Å². The van der Waals surface area contributed by atoms with Crippen molar-refractivity contribution >= 4 is 0 Å². The Balaban J connectivity index is 1.28. The summed E-state index contributed by atoms with van der Waals surface area (Å²) in [7, 11) is 0. The molecule has 0 spiro atoms. The van der Waals surface area contributed by atoms with Crippen LogP contribution in [0.15, 0.2) is 18.2 Å². The summed E-state index contributed by atoms with van der Waals surface area (Å²) in [5, 5.41) is 0. The molecule has 1 heterocycles. The van der Waals surface area contributed by atoms with Crippen molar-refractivity contribution in [2.75, 3.05) is 39.5 Å². The molecule has 1 fully saturated rings. The Morgan fingerprint density at radius 3 is 2.65 bits per heavy atom. The molecule has 1 saturated heterocycles. The molecule has 0 radical (unpaired) electrons. The van der Waals surface area contributed by atoms with Gasteiger partial charge in [0.05, 0.1) is 25.4 Å². The fourth-order valence-corrected chi connectivity index (χ4v) is 3.62. The van der Waals surface area contributed by atoms with Crippen LogP contribution in [0, 0.1) is 0 Å². The molecule has 2 atom stereocenters. The molecule has 0 saturated carbocycles. The quantitative estimate of drug-likeness (QED) is 0.723. The summed E-state index contributed by atoms with van der Waals surface area (Å²) in [5.74, 6) is 0.977. The Morgan fingerprint density at radius 2 is 1.83 bits per heavy atom. The minimum Gasteiger partial charge on any atom is -0.491 e. The van der Waals surface area contributed by atoms with Crippen LogP contribution in [0.2, 0.25) is 0 Å². The van der Waals surface area contributed by atoms with Gasteiger partial charge < -0.3 is 14.2 Å². The Labute approximate surface area is 139 Å². The molecule has 1 aliphatic heterocycles. The van der Waals surface area contributed by atoms with Crippen LogP contribution in [-0.2, 0) is 22.3 Å². The average molecular weight is 319 g/mol. The van der Waals surface area contributed by atoms with Gasteiger partial charge in [-0.15, -0.1) is 0 Å². The monoisotopic (exact) mass is 319 g/mol. The third-order valence-electron chi connectivity index (χ3n) is 4.61. The van der Waals surface area contributed by atoms with E-state index < -0.39 is 0 Å². The van der Waals surface area contributed by atoms with Crippen LogP contribution in [0.4, 0.5) is 0 Å². The number of nitrogens with zero attached hydrogens (tertiary/aromatic N) is 1. The number of hydrogen-bond acceptors (Lipinski definition) is 4. The molecule has 2 aliphatic rings. The topological polar surface area (TPSA) is 30.9 Å². The number of ether oxygens (including phenoxy) is 3. The smallest absolute Gasteiger partial charge is 0.119 e. The zero-order valence-corrected chi connectivity index (χ0v) is 14.4. The first kappa shape index (κ1) is 16.7. The van der Waals surface area contributed by atoms with Gasteiger partial charge in [-0.05, 0) is 56.4 Å². The van der Waals surface area contributed by atoms with Crippen molar-refractivity contribution in [3.05, 3.63) is 29.3 Å². The summed E-state index contributed by atoms with van der Waals surface area (Å²) in [4.78, 5) is 2.42. The first-order chi connectivity index (χ1) is 11.2. The summed E-state index contributed by atoms with van der Waals surface area (Å²) < 4.78 is 17.3. The first-order valence-corrected chi connectivity index (χ1v) is 8.91. The molecule has 0 unspecified atom stereocenters. The van der Waals surface area contributed by atoms with Crippen LogP contribution >= 0.6 is 0 Å². The molecule has 23 heavy (non-hydrogen) atoms. The van der Waals surface area contributed by atoms with Crippen LogP contribution in [-0.4, -0.2) is 56.6 Å². The highest BCUT2D eigenvalue weighted by Gasteiger charge is 2.21. The fraction of sp³-hybridized carbons (Fsp3) is 0.684. The van der Waals surface area contributed by atoms with E-state index in [9.17, 15) is 0 Å². The fourth-order valence-electron chi connectivity index (χ4n) is 3.62. The Hall–Kier alpha value is -1.10. The standard InChI is InChI=1S/C19H29NO3/c1-15-13-20(14-16(2)23-15)8-9-21-10-11-22-19-7-6-17-4-3-5-18(17)12-19/h6-7,12,15-16H,3-5,8-11,13-14H2,1-2H3/t15-,16+. The SMILES string of the molecule is C[C@@H]1CN(CCOCCOc2ccc3c(c2)CCC3)C[C@H](C)O1.